The van der Waals surface area contributed by atoms with Crippen molar-refractivity contribution in [3.63, 3.8) is 0 Å². The maximum absolute atomic E-state index is 11.3. The van der Waals surface area contributed by atoms with Crippen LogP contribution in [-0.2, 0) is 4.79 Å². The van der Waals surface area contributed by atoms with E-state index >= 15 is 0 Å². The monoisotopic (exact) mass is 323 g/mol. The highest BCUT2D eigenvalue weighted by atomic mass is 16.1. The number of guanidine groups is 1. The Bertz CT molecular complexity index is 396. The van der Waals surface area contributed by atoms with E-state index in [0.717, 1.165) is 70.8 Å². The summed E-state index contributed by atoms with van der Waals surface area (Å²) in [5, 5.41) is 3.40. The van der Waals surface area contributed by atoms with E-state index in [-0.39, 0.29) is 11.8 Å². The molecular weight excluding hydrogens is 290 g/mol. The van der Waals surface area contributed by atoms with Gasteiger partial charge in [-0.15, -0.1) is 6.58 Å². The first-order valence-electron chi connectivity index (χ1n) is 8.62. The molecule has 1 atom stereocenters. The standard InChI is InChI=1S/C17H33N5O/c1-4-5-6-11-21(3)17(19-2)20-10-8-13-22-12-7-9-15(14-22)16(18)23/h4,15H,1,5-14H2,2-3H3,(H2,18,23)(H,19,20). The van der Waals surface area contributed by atoms with Crippen LogP contribution in [0.4, 0.5) is 0 Å². The third kappa shape index (κ3) is 7.50. The van der Waals surface area contributed by atoms with E-state index in [1.54, 1.807) is 0 Å². The molecule has 0 aromatic rings. The highest BCUT2D eigenvalue weighted by molar-refractivity contribution is 5.79. The van der Waals surface area contributed by atoms with Gasteiger partial charge in [0, 0.05) is 33.7 Å². The number of carbonyl (C=O) groups is 1. The van der Waals surface area contributed by atoms with E-state index in [1.165, 1.54) is 0 Å². The molecule has 1 rings (SSSR count). The molecule has 0 aliphatic carbocycles. The van der Waals surface area contributed by atoms with Gasteiger partial charge in [-0.2, -0.15) is 0 Å². The van der Waals surface area contributed by atoms with Crippen LogP contribution in [0.2, 0.25) is 0 Å². The van der Waals surface area contributed by atoms with Gasteiger partial charge >= 0.3 is 0 Å². The number of aliphatic imine (C=N–C) groups is 1. The molecular formula is C17H33N5O. The van der Waals surface area contributed by atoms with Crippen LogP contribution in [0.15, 0.2) is 17.6 Å². The molecule has 1 unspecified atom stereocenters. The van der Waals surface area contributed by atoms with Gasteiger partial charge in [0.1, 0.15) is 0 Å². The maximum atomic E-state index is 11.3. The average Bonchev–Trinajstić information content (AvgIpc) is 2.55. The first kappa shape index (κ1) is 19.5. The zero-order chi connectivity index (χ0) is 17.1. The molecule has 0 aromatic heterocycles. The molecule has 23 heavy (non-hydrogen) atoms. The summed E-state index contributed by atoms with van der Waals surface area (Å²) in [7, 11) is 3.87. The summed E-state index contributed by atoms with van der Waals surface area (Å²) in [6, 6.07) is 0. The number of nitrogens with zero attached hydrogens (tertiary/aromatic N) is 3. The normalized spacial score (nSPS) is 19.4. The predicted molar refractivity (Wildman–Crippen MR) is 96.4 cm³/mol. The lowest BCUT2D eigenvalue weighted by Crippen LogP contribution is -2.43. The number of unbranched alkanes of at least 4 members (excludes halogenated alkanes) is 1. The summed E-state index contributed by atoms with van der Waals surface area (Å²) >= 11 is 0. The van der Waals surface area contributed by atoms with Crippen LogP contribution in [0.25, 0.3) is 0 Å². The smallest absolute Gasteiger partial charge is 0.221 e. The minimum atomic E-state index is -0.158. The van der Waals surface area contributed by atoms with E-state index in [0.29, 0.717) is 0 Å². The second-order valence-corrected chi connectivity index (χ2v) is 6.22. The molecule has 1 heterocycles. The van der Waals surface area contributed by atoms with Gasteiger partial charge in [-0.1, -0.05) is 6.08 Å². The lowest BCUT2D eigenvalue weighted by atomic mass is 9.97. The zero-order valence-electron chi connectivity index (χ0n) is 14.8. The Morgan fingerprint density at radius 3 is 2.96 bits per heavy atom. The Balaban J connectivity index is 2.21. The number of hydrogen-bond donors (Lipinski definition) is 2. The first-order valence-corrected chi connectivity index (χ1v) is 8.62. The van der Waals surface area contributed by atoms with Gasteiger partial charge in [0.2, 0.25) is 5.91 Å². The van der Waals surface area contributed by atoms with Crippen molar-refractivity contribution in [1.29, 1.82) is 0 Å². The summed E-state index contributed by atoms with van der Waals surface area (Å²) in [6.45, 7) is 8.48. The van der Waals surface area contributed by atoms with Crippen molar-refractivity contribution in [3.8, 4) is 0 Å². The topological polar surface area (TPSA) is 74.0 Å². The third-order valence-electron chi connectivity index (χ3n) is 4.32. The Labute approximate surface area is 140 Å². The summed E-state index contributed by atoms with van der Waals surface area (Å²) in [6.07, 6.45) is 7.09. The lowest BCUT2D eigenvalue weighted by molar-refractivity contribution is -0.123. The number of nitrogens with two attached hydrogens (primary N) is 1. The van der Waals surface area contributed by atoms with E-state index in [2.05, 4.69) is 33.7 Å². The van der Waals surface area contributed by atoms with Crippen LogP contribution in [0.3, 0.4) is 0 Å². The Morgan fingerprint density at radius 1 is 1.52 bits per heavy atom. The molecule has 0 aromatic carbocycles. The second kappa shape index (κ2) is 11.0. The van der Waals surface area contributed by atoms with Gasteiger partial charge in [-0.25, -0.2) is 0 Å². The summed E-state index contributed by atoms with van der Waals surface area (Å²) < 4.78 is 0. The van der Waals surface area contributed by atoms with Crippen molar-refractivity contribution in [1.82, 2.24) is 15.1 Å². The van der Waals surface area contributed by atoms with Gasteiger partial charge in [0.15, 0.2) is 5.96 Å². The zero-order valence-corrected chi connectivity index (χ0v) is 14.8. The number of likely N-dealkylation sites (tertiary alicyclic amines) is 1. The van der Waals surface area contributed by atoms with E-state index in [9.17, 15) is 4.79 Å². The van der Waals surface area contributed by atoms with Gasteiger partial charge < -0.3 is 20.9 Å². The fourth-order valence-electron chi connectivity index (χ4n) is 2.96. The van der Waals surface area contributed by atoms with Gasteiger partial charge in [-0.05, 0) is 45.2 Å². The number of primary amides is 1. The SMILES string of the molecule is C=CCCCN(C)C(=NC)NCCCN1CCCC(C(N)=O)C1. The summed E-state index contributed by atoms with van der Waals surface area (Å²) in [5.74, 6) is 0.803. The van der Waals surface area contributed by atoms with Crippen molar-refractivity contribution in [2.75, 3.05) is 46.8 Å². The largest absolute Gasteiger partial charge is 0.369 e. The van der Waals surface area contributed by atoms with Crippen LogP contribution < -0.4 is 11.1 Å². The van der Waals surface area contributed by atoms with E-state index in [4.69, 9.17) is 5.73 Å². The molecule has 1 amide bonds. The van der Waals surface area contributed by atoms with Crippen LogP contribution in [0.5, 0.6) is 0 Å². The molecule has 1 fully saturated rings. The Kier molecular flexibility index (Phi) is 9.36. The second-order valence-electron chi connectivity index (χ2n) is 6.22. The lowest BCUT2D eigenvalue weighted by Gasteiger charge is -2.31. The molecule has 6 nitrogen and oxygen atoms in total. The molecule has 132 valence electrons. The molecule has 3 N–H and O–H groups in total. The van der Waals surface area contributed by atoms with E-state index in [1.807, 2.05) is 13.1 Å². The molecule has 0 radical (unpaired) electrons. The maximum Gasteiger partial charge on any atom is 0.221 e. The van der Waals surface area contributed by atoms with Crippen molar-refractivity contribution in [2.45, 2.75) is 32.1 Å². The minimum Gasteiger partial charge on any atom is -0.369 e. The highest BCUT2D eigenvalue weighted by Crippen LogP contribution is 2.15. The molecule has 1 aliphatic rings. The quantitative estimate of drug-likeness (QED) is 0.288. The molecule has 0 saturated carbocycles. The fourth-order valence-corrected chi connectivity index (χ4v) is 2.96. The molecule has 1 aliphatic heterocycles. The van der Waals surface area contributed by atoms with Crippen molar-refractivity contribution in [3.05, 3.63) is 12.7 Å². The number of allylic oxidation sites excluding steroid dienone is 1. The minimum absolute atomic E-state index is 0.0282. The van der Waals surface area contributed by atoms with Crippen LogP contribution in [0, 0.1) is 5.92 Å². The number of nitrogens with one attached hydrogen (secondary N) is 1. The van der Waals surface area contributed by atoms with Gasteiger partial charge in [-0.3, -0.25) is 9.79 Å². The van der Waals surface area contributed by atoms with Gasteiger partial charge in [0.05, 0.1) is 5.92 Å². The number of carbonyl (C=O) groups excluding carboxylic acids is 1. The fraction of sp³-hybridized carbons (Fsp3) is 0.765. The first-order chi connectivity index (χ1) is 11.1. The molecule has 6 heteroatoms. The van der Waals surface area contributed by atoms with Crippen molar-refractivity contribution < 1.29 is 4.79 Å². The van der Waals surface area contributed by atoms with E-state index < -0.39 is 0 Å². The number of piperidine rings is 1. The van der Waals surface area contributed by atoms with Crippen LogP contribution in [-0.4, -0.2) is 68.5 Å². The predicted octanol–water partition coefficient (Wildman–Crippen LogP) is 1.05. The van der Waals surface area contributed by atoms with Crippen molar-refractivity contribution in [2.24, 2.45) is 16.6 Å². The van der Waals surface area contributed by atoms with Crippen LogP contribution >= 0.6 is 0 Å². The van der Waals surface area contributed by atoms with Crippen LogP contribution in [0.1, 0.15) is 32.1 Å². The average molecular weight is 323 g/mol. The van der Waals surface area contributed by atoms with Gasteiger partial charge in [0.25, 0.3) is 0 Å². The molecule has 0 spiro atoms. The Hall–Kier alpha value is -1.56. The molecule has 0 bridgehead atoms. The molecule has 1 saturated heterocycles. The Morgan fingerprint density at radius 2 is 2.30 bits per heavy atom. The number of amides is 1. The number of hydrogen-bond acceptors (Lipinski definition) is 3. The van der Waals surface area contributed by atoms with Crippen molar-refractivity contribution >= 4 is 11.9 Å². The highest BCUT2D eigenvalue weighted by Gasteiger charge is 2.23. The summed E-state index contributed by atoms with van der Waals surface area (Å²) in [4.78, 5) is 20.1. The number of rotatable bonds is 9. The summed E-state index contributed by atoms with van der Waals surface area (Å²) in [5.41, 5.74) is 5.42. The third-order valence-corrected chi connectivity index (χ3v) is 4.32.